The minimum atomic E-state index is 0.668. The molecule has 208 valence electrons. The number of fused-ring (bicyclic) bond motifs is 2. The molecule has 4 aromatic carbocycles. The molecule has 44 heavy (non-hydrogen) atoms. The molecule has 6 nitrogen and oxygen atoms in total. The molecule has 0 N–H and O–H groups in total. The van der Waals surface area contributed by atoms with Gasteiger partial charge in [0.25, 0.3) is 0 Å². The van der Waals surface area contributed by atoms with Gasteiger partial charge in [-0.1, -0.05) is 121 Å². The van der Waals surface area contributed by atoms with Gasteiger partial charge >= 0.3 is 0 Å². The fourth-order valence-corrected chi connectivity index (χ4v) is 4.98. The molecule has 6 heteroatoms. The van der Waals surface area contributed by atoms with E-state index in [-0.39, 0.29) is 0 Å². The lowest BCUT2D eigenvalue weighted by molar-refractivity contribution is 1.23. The van der Waals surface area contributed by atoms with Crippen LogP contribution in [-0.4, -0.2) is 29.9 Å². The van der Waals surface area contributed by atoms with Crippen molar-refractivity contribution < 1.29 is 0 Å². The Morgan fingerprint density at radius 1 is 0.273 bits per heavy atom. The normalized spacial score (nSPS) is 10.7. The molecule has 8 rings (SSSR count). The smallest absolute Gasteiger partial charge is 0.178 e. The first-order valence-corrected chi connectivity index (χ1v) is 14.3. The number of aromatic nitrogens is 6. The minimum absolute atomic E-state index is 0.668. The van der Waals surface area contributed by atoms with Gasteiger partial charge in [0.2, 0.25) is 0 Å². The van der Waals surface area contributed by atoms with Gasteiger partial charge in [-0.2, -0.15) is 0 Å². The summed E-state index contributed by atoms with van der Waals surface area (Å²) >= 11 is 0. The van der Waals surface area contributed by atoms with Crippen molar-refractivity contribution in [2.45, 2.75) is 0 Å². The second kappa shape index (κ2) is 12.4. The summed E-state index contributed by atoms with van der Waals surface area (Å²) in [4.78, 5) is 27.7. The Balaban J connectivity index is 0.000000142. The van der Waals surface area contributed by atoms with E-state index in [9.17, 15) is 0 Å². The molecule has 8 aromatic rings. The summed E-state index contributed by atoms with van der Waals surface area (Å²) in [6, 6.07) is 48.1. The average molecular weight is 567 g/mol. The van der Waals surface area contributed by atoms with E-state index in [1.807, 2.05) is 121 Å². The molecule has 0 radical (unpaired) electrons. The molecule has 0 spiro atoms. The van der Waals surface area contributed by atoms with Crippen LogP contribution in [-0.2, 0) is 0 Å². The van der Waals surface area contributed by atoms with Crippen molar-refractivity contribution in [3.05, 3.63) is 158 Å². The van der Waals surface area contributed by atoms with Crippen LogP contribution < -0.4 is 0 Å². The summed E-state index contributed by atoms with van der Waals surface area (Å²) in [6.45, 7) is 0. The van der Waals surface area contributed by atoms with Gasteiger partial charge in [0.05, 0.1) is 22.8 Å². The zero-order valence-electron chi connectivity index (χ0n) is 23.7. The first-order chi connectivity index (χ1) is 21.8. The second-order valence-electron chi connectivity index (χ2n) is 10.00. The molecular weight excluding hydrogens is 540 g/mol. The third kappa shape index (κ3) is 5.65. The van der Waals surface area contributed by atoms with Gasteiger partial charge in [0.15, 0.2) is 11.3 Å². The summed E-state index contributed by atoms with van der Waals surface area (Å²) in [7, 11) is 0. The predicted molar refractivity (Wildman–Crippen MR) is 176 cm³/mol. The van der Waals surface area contributed by atoms with E-state index >= 15 is 0 Å². The van der Waals surface area contributed by atoms with E-state index < -0.39 is 0 Å². The molecule has 0 aliphatic heterocycles. The van der Waals surface area contributed by atoms with E-state index in [0.29, 0.717) is 11.3 Å². The lowest BCUT2D eigenvalue weighted by atomic mass is 10.0. The third-order valence-electron chi connectivity index (χ3n) is 7.07. The lowest BCUT2D eigenvalue weighted by Crippen LogP contribution is -1.96. The molecule has 0 fully saturated rings. The summed E-state index contributed by atoms with van der Waals surface area (Å²) < 4.78 is 0. The topological polar surface area (TPSA) is 77.3 Å². The maximum atomic E-state index is 4.80. The summed E-state index contributed by atoms with van der Waals surface area (Å²) in [5.41, 5.74) is 10.6. The second-order valence-corrected chi connectivity index (χ2v) is 10.00. The molecular formula is C38H26N6. The molecule has 0 bridgehead atoms. The van der Waals surface area contributed by atoms with Gasteiger partial charge in [0.1, 0.15) is 11.0 Å². The Bertz CT molecular complexity index is 1840. The van der Waals surface area contributed by atoms with Crippen LogP contribution in [0.4, 0.5) is 0 Å². The van der Waals surface area contributed by atoms with Crippen LogP contribution >= 0.6 is 0 Å². The highest BCUT2D eigenvalue weighted by molar-refractivity contribution is 5.85. The van der Waals surface area contributed by atoms with E-state index in [1.165, 1.54) is 0 Å². The van der Waals surface area contributed by atoms with Crippen molar-refractivity contribution in [1.82, 2.24) is 29.9 Å². The highest BCUT2D eigenvalue weighted by Gasteiger charge is 2.14. The van der Waals surface area contributed by atoms with Crippen LogP contribution in [0.25, 0.3) is 67.4 Å². The molecule has 4 heterocycles. The number of rotatable bonds is 4. The molecule has 0 aliphatic carbocycles. The van der Waals surface area contributed by atoms with E-state index in [0.717, 1.165) is 56.1 Å². The van der Waals surface area contributed by atoms with Crippen LogP contribution in [0.1, 0.15) is 0 Å². The maximum Gasteiger partial charge on any atom is 0.178 e. The molecule has 0 amide bonds. The van der Waals surface area contributed by atoms with Gasteiger partial charge < -0.3 is 0 Å². The molecule has 0 saturated heterocycles. The molecule has 0 aliphatic rings. The number of nitrogens with zero attached hydrogens (tertiary/aromatic N) is 6. The fraction of sp³-hybridized carbons (Fsp3) is 0. The monoisotopic (exact) mass is 566 g/mol. The summed E-state index contributed by atoms with van der Waals surface area (Å²) in [5, 5.41) is 0. The lowest BCUT2D eigenvalue weighted by Gasteiger charge is -2.09. The standard InChI is InChI=1S/2C19H13N3/c2*1-3-8-14(9-4-1)17-18(15-10-5-2-6-11-15)22-19-16(21-17)12-7-13-20-19/h2*1-13H. The maximum absolute atomic E-state index is 4.80. The number of hydrogen-bond acceptors (Lipinski definition) is 6. The van der Waals surface area contributed by atoms with Gasteiger partial charge in [-0.05, 0) is 24.3 Å². The average Bonchev–Trinajstić information content (AvgIpc) is 3.12. The molecule has 4 aromatic heterocycles. The number of benzene rings is 4. The van der Waals surface area contributed by atoms with Gasteiger partial charge in [-0.15, -0.1) is 0 Å². The highest BCUT2D eigenvalue weighted by atomic mass is 14.9. The van der Waals surface area contributed by atoms with Gasteiger partial charge in [0, 0.05) is 34.6 Å². The molecule has 0 unspecified atom stereocenters. The van der Waals surface area contributed by atoms with E-state index in [2.05, 4.69) is 34.2 Å². The van der Waals surface area contributed by atoms with Gasteiger partial charge in [-0.3, -0.25) is 0 Å². The Morgan fingerprint density at radius 2 is 0.568 bits per heavy atom. The van der Waals surface area contributed by atoms with Crippen LogP contribution in [0.3, 0.4) is 0 Å². The Labute approximate surface area is 254 Å². The van der Waals surface area contributed by atoms with Gasteiger partial charge in [-0.25, -0.2) is 29.9 Å². The number of hydrogen-bond donors (Lipinski definition) is 0. The Hall–Kier alpha value is -6.14. The van der Waals surface area contributed by atoms with Crippen molar-refractivity contribution in [3.8, 4) is 45.0 Å². The Kier molecular flexibility index (Phi) is 7.53. The van der Waals surface area contributed by atoms with Crippen molar-refractivity contribution in [3.63, 3.8) is 0 Å². The van der Waals surface area contributed by atoms with E-state index in [4.69, 9.17) is 19.9 Å². The van der Waals surface area contributed by atoms with Crippen LogP contribution in [0, 0.1) is 0 Å². The molecule has 0 saturated carbocycles. The summed E-state index contributed by atoms with van der Waals surface area (Å²) in [6.07, 6.45) is 3.49. The van der Waals surface area contributed by atoms with Crippen molar-refractivity contribution >= 4 is 22.3 Å². The minimum Gasteiger partial charge on any atom is -0.242 e. The van der Waals surface area contributed by atoms with Crippen LogP contribution in [0.15, 0.2) is 158 Å². The quantitative estimate of drug-likeness (QED) is 0.212. The first kappa shape index (κ1) is 26.7. The van der Waals surface area contributed by atoms with Crippen molar-refractivity contribution in [2.75, 3.05) is 0 Å². The number of pyridine rings is 2. The zero-order chi connectivity index (χ0) is 29.6. The first-order valence-electron chi connectivity index (χ1n) is 14.3. The molecule has 0 atom stereocenters. The fourth-order valence-electron chi connectivity index (χ4n) is 4.98. The highest BCUT2D eigenvalue weighted by Crippen LogP contribution is 2.31. The van der Waals surface area contributed by atoms with Crippen molar-refractivity contribution in [1.29, 1.82) is 0 Å². The van der Waals surface area contributed by atoms with E-state index in [1.54, 1.807) is 12.4 Å². The third-order valence-corrected chi connectivity index (χ3v) is 7.07. The Morgan fingerprint density at radius 3 is 0.886 bits per heavy atom. The summed E-state index contributed by atoms with van der Waals surface area (Å²) in [5.74, 6) is 0. The SMILES string of the molecule is c1ccc(-c2nc3cccnc3nc2-c2ccccc2)cc1.c1ccc(-c2nc3cccnc3nc2-c2ccccc2)cc1. The largest absolute Gasteiger partial charge is 0.242 e. The predicted octanol–water partition coefficient (Wildman–Crippen LogP) is 8.72. The van der Waals surface area contributed by atoms with Crippen molar-refractivity contribution in [2.24, 2.45) is 0 Å². The van der Waals surface area contributed by atoms with Crippen LogP contribution in [0.5, 0.6) is 0 Å². The zero-order valence-corrected chi connectivity index (χ0v) is 23.7. The van der Waals surface area contributed by atoms with Crippen LogP contribution in [0.2, 0.25) is 0 Å².